The van der Waals surface area contributed by atoms with E-state index in [1.54, 1.807) is 0 Å². The molecular weight excluding hydrogens is 372 g/mol. The van der Waals surface area contributed by atoms with E-state index < -0.39 is 0 Å². The largest absolute Gasteiger partial charge is 1.00 e. The van der Waals surface area contributed by atoms with Crippen LogP contribution < -0.4 is 26.4 Å². The van der Waals surface area contributed by atoms with Crippen LogP contribution >= 0.6 is 0 Å². The highest BCUT2D eigenvalue weighted by molar-refractivity contribution is 6.07. The molecule has 2 nitrogen and oxygen atoms in total. The number of hydrogen-bond acceptors (Lipinski definition) is 1. The highest BCUT2D eigenvalue weighted by atomic mass is 79.9. The van der Waals surface area contributed by atoms with Crippen LogP contribution in [-0.4, -0.2) is 14.1 Å². The number of nitrogens with zero attached hydrogens (tertiary/aromatic N) is 2. The molecule has 0 atom stereocenters. The number of anilines is 1. The third-order valence-corrected chi connectivity index (χ3v) is 4.74. The smallest absolute Gasteiger partial charge is 0.213 e. The highest BCUT2D eigenvalue weighted by Crippen LogP contribution is 2.34. The van der Waals surface area contributed by atoms with Gasteiger partial charge < -0.3 is 21.9 Å². The van der Waals surface area contributed by atoms with Crippen molar-refractivity contribution >= 4 is 27.5 Å². The molecule has 0 aliphatic carbocycles. The van der Waals surface area contributed by atoms with E-state index >= 15 is 0 Å². The molecule has 0 spiro atoms. The summed E-state index contributed by atoms with van der Waals surface area (Å²) in [4.78, 5) is 2.13. The van der Waals surface area contributed by atoms with Gasteiger partial charge in [0.15, 0.2) is 0 Å². The second-order valence-corrected chi connectivity index (χ2v) is 6.41. The van der Waals surface area contributed by atoms with Gasteiger partial charge in [-0.2, -0.15) is 4.57 Å². The lowest BCUT2D eigenvalue weighted by Gasteiger charge is -2.14. The summed E-state index contributed by atoms with van der Waals surface area (Å²) in [5, 5.41) is 2.58. The number of fused-ring (bicyclic) bond motifs is 2. The van der Waals surface area contributed by atoms with Crippen LogP contribution in [-0.2, 0) is 7.05 Å². The minimum Gasteiger partial charge on any atom is -1.00 e. The first-order chi connectivity index (χ1) is 11.7. The quantitative estimate of drug-likeness (QED) is 0.370. The summed E-state index contributed by atoms with van der Waals surface area (Å²) in [5.74, 6) is 0. The predicted octanol–water partition coefficient (Wildman–Crippen LogP) is 1.55. The molecule has 3 aromatic carbocycles. The molecule has 1 aromatic heterocycles. The normalized spacial score (nSPS) is 10.7. The summed E-state index contributed by atoms with van der Waals surface area (Å²) in [6.45, 7) is 0. The van der Waals surface area contributed by atoms with Gasteiger partial charge in [0.05, 0.1) is 10.8 Å². The van der Waals surface area contributed by atoms with Gasteiger partial charge in [-0.1, -0.05) is 36.4 Å². The summed E-state index contributed by atoms with van der Waals surface area (Å²) >= 11 is 0. The van der Waals surface area contributed by atoms with Gasteiger partial charge in [-0.25, -0.2) is 0 Å². The number of benzene rings is 3. The van der Waals surface area contributed by atoms with Crippen LogP contribution in [0.4, 0.5) is 5.69 Å². The Morgan fingerprint density at radius 2 is 1.16 bits per heavy atom. The van der Waals surface area contributed by atoms with Gasteiger partial charge in [0.25, 0.3) is 0 Å². The number of aryl methyl sites for hydroxylation is 1. The SMILES string of the molecule is CN(C)c1ccc(-c2c3ccccc3[n+](C)c3ccccc23)cc1.[Br-]. The lowest BCUT2D eigenvalue weighted by molar-refractivity contribution is -0.617. The van der Waals surface area contributed by atoms with Crippen molar-refractivity contribution in [3.8, 4) is 11.1 Å². The number of aromatic nitrogens is 1. The van der Waals surface area contributed by atoms with E-state index in [1.165, 1.54) is 38.6 Å². The number of rotatable bonds is 2. The summed E-state index contributed by atoms with van der Waals surface area (Å²) in [7, 11) is 6.29. The van der Waals surface area contributed by atoms with Crippen molar-refractivity contribution in [1.29, 1.82) is 0 Å². The van der Waals surface area contributed by atoms with Gasteiger partial charge in [-0.05, 0) is 29.8 Å². The van der Waals surface area contributed by atoms with Crippen LogP contribution in [0.25, 0.3) is 32.9 Å². The first kappa shape index (κ1) is 17.4. The Hall–Kier alpha value is -2.39. The molecule has 0 aliphatic rings. The molecule has 0 saturated carbocycles. The van der Waals surface area contributed by atoms with Crippen LogP contribution in [0.5, 0.6) is 0 Å². The molecule has 0 fully saturated rings. The molecule has 0 aliphatic heterocycles. The average molecular weight is 393 g/mol. The van der Waals surface area contributed by atoms with Crippen LogP contribution in [0, 0.1) is 0 Å². The second-order valence-electron chi connectivity index (χ2n) is 6.41. The summed E-state index contributed by atoms with van der Waals surface area (Å²) in [5.41, 5.74) is 6.29. The van der Waals surface area contributed by atoms with Crippen molar-refractivity contribution in [2.45, 2.75) is 0 Å². The molecule has 1 heterocycles. The molecule has 3 heteroatoms. The first-order valence-corrected chi connectivity index (χ1v) is 8.24. The highest BCUT2D eigenvalue weighted by Gasteiger charge is 2.18. The average Bonchev–Trinajstić information content (AvgIpc) is 2.62. The molecule has 25 heavy (non-hydrogen) atoms. The van der Waals surface area contributed by atoms with E-state index in [0.29, 0.717) is 0 Å². The zero-order valence-corrected chi connectivity index (χ0v) is 16.3. The lowest BCUT2D eigenvalue weighted by atomic mass is 9.95. The fraction of sp³-hybridized carbons (Fsp3) is 0.136. The van der Waals surface area contributed by atoms with Crippen LogP contribution in [0.1, 0.15) is 0 Å². The van der Waals surface area contributed by atoms with Crippen molar-refractivity contribution in [1.82, 2.24) is 0 Å². The molecule has 0 amide bonds. The number of halogens is 1. The topological polar surface area (TPSA) is 7.12 Å². The fourth-order valence-electron chi connectivity index (χ4n) is 3.47. The van der Waals surface area contributed by atoms with E-state index in [-0.39, 0.29) is 17.0 Å². The van der Waals surface area contributed by atoms with Crippen LogP contribution in [0.15, 0.2) is 72.8 Å². The van der Waals surface area contributed by atoms with Gasteiger partial charge in [0, 0.05) is 37.5 Å². The van der Waals surface area contributed by atoms with Crippen molar-refractivity contribution in [3.63, 3.8) is 0 Å². The third kappa shape index (κ3) is 2.89. The monoisotopic (exact) mass is 392 g/mol. The Morgan fingerprint density at radius 1 is 0.680 bits per heavy atom. The lowest BCUT2D eigenvalue weighted by Crippen LogP contribution is -3.00. The van der Waals surface area contributed by atoms with E-state index in [4.69, 9.17) is 0 Å². The molecule has 4 aromatic rings. The Balaban J connectivity index is 0.00000182. The minimum atomic E-state index is 0. The number of hydrogen-bond donors (Lipinski definition) is 0. The van der Waals surface area contributed by atoms with Gasteiger partial charge in [0.1, 0.15) is 7.05 Å². The van der Waals surface area contributed by atoms with Gasteiger partial charge in [0.2, 0.25) is 11.0 Å². The fourth-order valence-corrected chi connectivity index (χ4v) is 3.47. The Morgan fingerprint density at radius 3 is 1.64 bits per heavy atom. The van der Waals surface area contributed by atoms with E-state index in [9.17, 15) is 0 Å². The maximum Gasteiger partial charge on any atom is 0.213 e. The zero-order valence-electron chi connectivity index (χ0n) is 14.7. The molecule has 0 N–H and O–H groups in total. The molecule has 0 bridgehead atoms. The molecule has 0 unspecified atom stereocenters. The van der Waals surface area contributed by atoms with E-state index in [1.807, 2.05) is 0 Å². The van der Waals surface area contributed by atoms with Crippen molar-refractivity contribution < 1.29 is 21.5 Å². The van der Waals surface area contributed by atoms with Crippen molar-refractivity contribution in [2.24, 2.45) is 7.05 Å². The third-order valence-electron chi connectivity index (χ3n) is 4.74. The number of pyridine rings is 1. The standard InChI is InChI=1S/C22H21N2.BrH/c1-23(2)17-14-12-16(13-15-17)22-18-8-4-6-10-20(18)24(3)21-11-7-5-9-19(21)22;/h4-15H,1-3H3;1H/q+1;/p-1. The molecule has 126 valence electrons. The maximum atomic E-state index is 2.28. The Kier molecular flexibility index (Phi) is 4.78. The van der Waals surface area contributed by atoms with Crippen molar-refractivity contribution in [3.05, 3.63) is 72.8 Å². The summed E-state index contributed by atoms with van der Waals surface area (Å²) in [6, 6.07) is 26.1. The van der Waals surface area contributed by atoms with Gasteiger partial charge >= 0.3 is 0 Å². The minimum absolute atomic E-state index is 0. The second kappa shape index (κ2) is 6.85. The van der Waals surface area contributed by atoms with E-state index in [0.717, 1.165) is 0 Å². The molecule has 0 radical (unpaired) electrons. The first-order valence-electron chi connectivity index (χ1n) is 8.24. The Bertz CT molecular complexity index is 980. The zero-order chi connectivity index (χ0) is 16.7. The predicted molar refractivity (Wildman–Crippen MR) is 102 cm³/mol. The molecular formula is C22H21BrN2. The Labute approximate surface area is 159 Å². The van der Waals surface area contributed by atoms with Crippen molar-refractivity contribution in [2.75, 3.05) is 19.0 Å². The van der Waals surface area contributed by atoms with Gasteiger partial charge in [-0.15, -0.1) is 0 Å². The molecule has 0 saturated heterocycles. The maximum absolute atomic E-state index is 2.28. The summed E-state index contributed by atoms with van der Waals surface area (Å²) in [6.07, 6.45) is 0. The number of para-hydroxylation sites is 2. The summed E-state index contributed by atoms with van der Waals surface area (Å²) < 4.78 is 2.28. The van der Waals surface area contributed by atoms with Crippen LogP contribution in [0.2, 0.25) is 0 Å². The van der Waals surface area contributed by atoms with Gasteiger partial charge in [-0.3, -0.25) is 0 Å². The van der Waals surface area contributed by atoms with Crippen LogP contribution in [0.3, 0.4) is 0 Å². The molecule has 4 rings (SSSR count). The van der Waals surface area contributed by atoms with E-state index in [2.05, 4.69) is 103 Å².